The summed E-state index contributed by atoms with van der Waals surface area (Å²) in [5.74, 6) is 1.91. The van der Waals surface area contributed by atoms with E-state index in [1.807, 2.05) is 12.1 Å². The average molecular weight is 822 g/mol. The Kier molecular flexibility index (Phi) is 11.4. The summed E-state index contributed by atoms with van der Waals surface area (Å²) in [5, 5.41) is 0. The first-order valence-corrected chi connectivity index (χ1v) is 22.0. The van der Waals surface area contributed by atoms with Gasteiger partial charge in [0.05, 0.1) is 0 Å². The second-order valence-corrected chi connectivity index (χ2v) is 16.6. The summed E-state index contributed by atoms with van der Waals surface area (Å²) in [5.41, 5.74) is 20.0. The van der Waals surface area contributed by atoms with Crippen LogP contribution in [-0.4, -0.2) is 15.0 Å². The molecule has 0 aliphatic carbocycles. The normalized spacial score (nSPS) is 11.1. The van der Waals surface area contributed by atoms with Crippen molar-refractivity contribution in [3.63, 3.8) is 0 Å². The van der Waals surface area contributed by atoms with Gasteiger partial charge in [0, 0.05) is 16.7 Å². The van der Waals surface area contributed by atoms with E-state index in [9.17, 15) is 0 Å². The summed E-state index contributed by atoms with van der Waals surface area (Å²) >= 11 is 0. The van der Waals surface area contributed by atoms with E-state index < -0.39 is 0 Å². The van der Waals surface area contributed by atoms with E-state index in [1.54, 1.807) is 0 Å². The molecule has 0 atom stereocenters. The Hall–Kier alpha value is -8.01. The maximum absolute atomic E-state index is 5.06. The molecular formula is C61H47N3. The number of hydrogen-bond donors (Lipinski definition) is 0. The fourth-order valence-electron chi connectivity index (χ4n) is 8.27. The van der Waals surface area contributed by atoms with Crippen LogP contribution in [-0.2, 0) is 12.8 Å². The third-order valence-electron chi connectivity index (χ3n) is 12.0. The highest BCUT2D eigenvalue weighted by Crippen LogP contribution is 2.32. The Morgan fingerprint density at radius 2 is 0.500 bits per heavy atom. The monoisotopic (exact) mass is 821 g/mol. The van der Waals surface area contributed by atoms with Crippen molar-refractivity contribution >= 4 is 0 Å². The molecule has 0 fully saturated rings. The second kappa shape index (κ2) is 18.1. The molecule has 0 N–H and O–H groups in total. The van der Waals surface area contributed by atoms with Gasteiger partial charge in [-0.1, -0.05) is 230 Å². The molecule has 10 rings (SSSR count). The lowest BCUT2D eigenvalue weighted by Gasteiger charge is -2.12. The highest BCUT2D eigenvalue weighted by molar-refractivity contribution is 5.76. The Balaban J connectivity index is 0.898. The van der Waals surface area contributed by atoms with Crippen molar-refractivity contribution in [3.8, 4) is 89.8 Å². The molecule has 0 amide bonds. The van der Waals surface area contributed by atoms with Crippen LogP contribution < -0.4 is 0 Å². The van der Waals surface area contributed by atoms with Gasteiger partial charge >= 0.3 is 0 Å². The van der Waals surface area contributed by atoms with E-state index in [1.165, 1.54) is 61.2 Å². The molecule has 0 spiro atoms. The smallest absolute Gasteiger partial charge is 0.164 e. The minimum atomic E-state index is 0.637. The van der Waals surface area contributed by atoms with Crippen molar-refractivity contribution in [2.75, 3.05) is 0 Å². The molecule has 3 nitrogen and oxygen atoms in total. The summed E-state index contributed by atoms with van der Waals surface area (Å²) in [4.78, 5) is 15.1. The number of rotatable bonds is 11. The quantitative estimate of drug-likeness (QED) is 0.130. The van der Waals surface area contributed by atoms with E-state index in [2.05, 4.69) is 226 Å². The van der Waals surface area contributed by atoms with Crippen LogP contribution in [0.15, 0.2) is 224 Å². The van der Waals surface area contributed by atoms with Crippen molar-refractivity contribution in [2.24, 2.45) is 0 Å². The molecule has 0 bridgehead atoms. The average Bonchev–Trinajstić information content (AvgIpc) is 3.37. The maximum Gasteiger partial charge on any atom is 0.164 e. The van der Waals surface area contributed by atoms with Gasteiger partial charge in [-0.2, -0.15) is 0 Å². The fourth-order valence-corrected chi connectivity index (χ4v) is 8.27. The molecule has 0 radical (unpaired) electrons. The predicted octanol–water partition coefficient (Wildman–Crippen LogP) is 15.6. The maximum atomic E-state index is 5.06. The third kappa shape index (κ3) is 9.11. The molecule has 1 heterocycles. The number of hydrogen-bond acceptors (Lipinski definition) is 3. The van der Waals surface area contributed by atoms with Gasteiger partial charge in [0.15, 0.2) is 17.5 Å². The molecule has 0 aliphatic heterocycles. The molecule has 0 aliphatic rings. The molecule has 1 aromatic heterocycles. The molecule has 0 saturated carbocycles. The minimum Gasteiger partial charge on any atom is -0.208 e. The Morgan fingerprint density at radius 1 is 0.234 bits per heavy atom. The van der Waals surface area contributed by atoms with Gasteiger partial charge in [-0.15, -0.1) is 0 Å². The predicted molar refractivity (Wildman–Crippen MR) is 267 cm³/mol. The first-order valence-electron chi connectivity index (χ1n) is 22.0. The lowest BCUT2D eigenvalue weighted by atomic mass is 9.93. The first kappa shape index (κ1) is 40.1. The number of benzene rings is 9. The molecule has 0 saturated heterocycles. The van der Waals surface area contributed by atoms with Crippen LogP contribution in [0.2, 0.25) is 0 Å². The summed E-state index contributed by atoms with van der Waals surface area (Å²) in [7, 11) is 0. The van der Waals surface area contributed by atoms with E-state index in [0.29, 0.717) is 17.5 Å². The van der Waals surface area contributed by atoms with Crippen LogP contribution in [0.3, 0.4) is 0 Å². The lowest BCUT2D eigenvalue weighted by Crippen LogP contribution is -2.00. The zero-order chi connectivity index (χ0) is 43.2. The number of aryl methyl sites for hydroxylation is 4. The van der Waals surface area contributed by atoms with Crippen molar-refractivity contribution in [1.29, 1.82) is 0 Å². The zero-order valence-electron chi connectivity index (χ0n) is 36.1. The van der Waals surface area contributed by atoms with E-state index >= 15 is 0 Å². The summed E-state index contributed by atoms with van der Waals surface area (Å²) in [6, 6.07) is 80.1. The van der Waals surface area contributed by atoms with E-state index in [0.717, 1.165) is 46.2 Å². The van der Waals surface area contributed by atoms with Crippen molar-refractivity contribution < 1.29 is 0 Å². The summed E-state index contributed by atoms with van der Waals surface area (Å²) in [6.45, 7) is 4.28. The topological polar surface area (TPSA) is 38.7 Å². The highest BCUT2D eigenvalue weighted by Gasteiger charge is 2.14. The molecule has 3 heteroatoms. The minimum absolute atomic E-state index is 0.637. The number of nitrogens with zero attached hydrogens (tertiary/aromatic N) is 3. The van der Waals surface area contributed by atoms with Crippen LogP contribution in [0.4, 0.5) is 0 Å². The second-order valence-electron chi connectivity index (χ2n) is 16.6. The number of aromatic nitrogens is 3. The van der Waals surface area contributed by atoms with Crippen LogP contribution in [0.25, 0.3) is 89.8 Å². The van der Waals surface area contributed by atoms with Crippen molar-refractivity contribution in [2.45, 2.75) is 26.7 Å². The van der Waals surface area contributed by atoms with E-state index in [4.69, 9.17) is 15.0 Å². The van der Waals surface area contributed by atoms with Crippen LogP contribution in [0, 0.1) is 13.8 Å². The Bertz CT molecular complexity index is 2970. The molecule has 0 unspecified atom stereocenters. The van der Waals surface area contributed by atoms with Gasteiger partial charge in [0.1, 0.15) is 0 Å². The zero-order valence-corrected chi connectivity index (χ0v) is 36.1. The molecular weight excluding hydrogens is 775 g/mol. The largest absolute Gasteiger partial charge is 0.208 e. The van der Waals surface area contributed by atoms with Gasteiger partial charge in [0.25, 0.3) is 0 Å². The molecule has 10 aromatic rings. The fraction of sp³-hybridized carbons (Fsp3) is 0.0656. The van der Waals surface area contributed by atoms with Crippen LogP contribution in [0.5, 0.6) is 0 Å². The van der Waals surface area contributed by atoms with Gasteiger partial charge in [0.2, 0.25) is 0 Å². The SMILES string of the molecule is Cc1ccc(-c2cc(CCc3ccc(-c4ccc(-c5nc(-c6ccc(-c7ccccc7)cc6)nc(-c6ccc(-c7ccccc7)cc6)n5)cc4)cc3)cc(-c3ccc(C)cc3)c2)cc1. The highest BCUT2D eigenvalue weighted by atomic mass is 15.0. The standard InChI is InChI=1S/C61H47N3/c1-42-13-21-52(22-14-42)57-39-45(40-58(41-57)53-23-15-43(2)16-24-53)18-17-44-19-25-48(26-20-44)51-31-37-56(38-32-51)61-63-59(54-33-27-49(28-34-54)46-9-5-3-6-10-46)62-60(64-61)55-35-29-50(30-36-55)47-11-7-4-8-12-47/h3-16,19-41H,17-18H2,1-2H3. The van der Waals surface area contributed by atoms with Gasteiger partial charge in [-0.25, -0.2) is 15.0 Å². The Morgan fingerprint density at radius 3 is 0.859 bits per heavy atom. The van der Waals surface area contributed by atoms with Crippen molar-refractivity contribution in [1.82, 2.24) is 15.0 Å². The summed E-state index contributed by atoms with van der Waals surface area (Å²) in [6.07, 6.45) is 1.91. The van der Waals surface area contributed by atoms with E-state index in [-0.39, 0.29) is 0 Å². The third-order valence-corrected chi connectivity index (χ3v) is 12.0. The first-order chi connectivity index (χ1) is 31.5. The molecule has 306 valence electrons. The molecule has 9 aromatic carbocycles. The Labute approximate surface area is 376 Å². The van der Waals surface area contributed by atoms with Gasteiger partial charge < -0.3 is 0 Å². The summed E-state index contributed by atoms with van der Waals surface area (Å²) < 4.78 is 0. The van der Waals surface area contributed by atoms with Gasteiger partial charge in [-0.3, -0.25) is 0 Å². The molecule has 64 heavy (non-hydrogen) atoms. The lowest BCUT2D eigenvalue weighted by molar-refractivity contribution is 0.961. The van der Waals surface area contributed by atoms with Crippen LogP contribution >= 0.6 is 0 Å². The van der Waals surface area contributed by atoms with Crippen LogP contribution in [0.1, 0.15) is 22.3 Å². The van der Waals surface area contributed by atoms with Crippen molar-refractivity contribution in [3.05, 3.63) is 247 Å². The van der Waals surface area contributed by atoms with Gasteiger partial charge in [-0.05, 0) is 99.5 Å².